The zero-order valence-corrected chi connectivity index (χ0v) is 9.07. The van der Waals surface area contributed by atoms with Crippen LogP contribution in [0.4, 0.5) is 5.82 Å². The standard InChI is InChI=1S/C9H13N3OS/c1-5-11-8-7(14-5)4-3-6(10-2)9(13)12-8/h6,10H,3-4H2,1-2H3,(H,12,13). The Balaban J connectivity index is 2.26. The first kappa shape index (κ1) is 9.61. The van der Waals surface area contributed by atoms with Gasteiger partial charge in [0.15, 0.2) is 0 Å². The van der Waals surface area contributed by atoms with Crippen LogP contribution in [0.1, 0.15) is 16.3 Å². The predicted molar refractivity (Wildman–Crippen MR) is 56.6 cm³/mol. The van der Waals surface area contributed by atoms with Gasteiger partial charge in [0.25, 0.3) is 0 Å². The normalized spacial score (nSPS) is 21.3. The van der Waals surface area contributed by atoms with Crippen LogP contribution in [0.2, 0.25) is 0 Å². The fourth-order valence-electron chi connectivity index (χ4n) is 1.62. The number of fused-ring (bicyclic) bond motifs is 1. The molecule has 0 aliphatic carbocycles. The number of hydrogen-bond acceptors (Lipinski definition) is 4. The first-order chi connectivity index (χ1) is 6.70. The number of anilines is 1. The van der Waals surface area contributed by atoms with Crippen LogP contribution in [-0.2, 0) is 11.2 Å². The third kappa shape index (κ3) is 1.65. The second-order valence-electron chi connectivity index (χ2n) is 3.37. The van der Waals surface area contributed by atoms with Crippen molar-refractivity contribution in [1.82, 2.24) is 10.3 Å². The molecule has 0 aromatic carbocycles. The van der Waals surface area contributed by atoms with Gasteiger partial charge in [0.2, 0.25) is 5.91 Å². The van der Waals surface area contributed by atoms with E-state index >= 15 is 0 Å². The lowest BCUT2D eigenvalue weighted by Gasteiger charge is -2.10. The Bertz CT molecular complexity index is 361. The fourth-order valence-corrected chi connectivity index (χ4v) is 2.53. The van der Waals surface area contributed by atoms with Crippen LogP contribution in [0.3, 0.4) is 0 Å². The topological polar surface area (TPSA) is 54.0 Å². The van der Waals surface area contributed by atoms with E-state index in [1.54, 1.807) is 11.3 Å². The third-order valence-electron chi connectivity index (χ3n) is 2.37. The van der Waals surface area contributed by atoms with E-state index in [1.807, 2.05) is 14.0 Å². The maximum atomic E-state index is 11.6. The van der Waals surface area contributed by atoms with Gasteiger partial charge in [-0.15, -0.1) is 11.3 Å². The Labute approximate surface area is 86.7 Å². The maximum absolute atomic E-state index is 11.6. The molecule has 1 aromatic rings. The molecule has 0 bridgehead atoms. The molecular weight excluding hydrogens is 198 g/mol. The van der Waals surface area contributed by atoms with E-state index in [9.17, 15) is 4.79 Å². The van der Waals surface area contributed by atoms with Gasteiger partial charge in [0, 0.05) is 4.88 Å². The minimum atomic E-state index is -0.0864. The van der Waals surface area contributed by atoms with E-state index in [0.717, 1.165) is 23.7 Å². The van der Waals surface area contributed by atoms with Crippen LogP contribution in [-0.4, -0.2) is 24.0 Å². The quantitative estimate of drug-likeness (QED) is 0.726. The molecule has 0 fully saturated rings. The lowest BCUT2D eigenvalue weighted by Crippen LogP contribution is -2.37. The number of thiazole rings is 1. The highest BCUT2D eigenvalue weighted by Crippen LogP contribution is 2.27. The summed E-state index contributed by atoms with van der Waals surface area (Å²) in [7, 11) is 1.81. The Hall–Kier alpha value is -0.940. The molecule has 1 aliphatic heterocycles. The van der Waals surface area contributed by atoms with E-state index in [4.69, 9.17) is 0 Å². The zero-order chi connectivity index (χ0) is 10.1. The van der Waals surface area contributed by atoms with Crippen molar-refractivity contribution >= 4 is 23.1 Å². The Morgan fingerprint density at radius 2 is 2.43 bits per heavy atom. The number of likely N-dealkylation sites (N-methyl/N-ethyl adjacent to an activating group) is 1. The second-order valence-corrected chi connectivity index (χ2v) is 4.66. The zero-order valence-electron chi connectivity index (χ0n) is 8.26. The molecule has 1 atom stereocenters. The van der Waals surface area contributed by atoms with Crippen LogP contribution < -0.4 is 10.6 Å². The van der Waals surface area contributed by atoms with E-state index in [1.165, 1.54) is 4.88 Å². The molecule has 0 spiro atoms. The summed E-state index contributed by atoms with van der Waals surface area (Å²) in [6.45, 7) is 1.96. The second kappa shape index (κ2) is 3.67. The number of nitrogens with zero attached hydrogens (tertiary/aromatic N) is 1. The molecule has 1 aliphatic rings. The third-order valence-corrected chi connectivity index (χ3v) is 3.40. The molecule has 0 saturated carbocycles. The van der Waals surface area contributed by atoms with E-state index in [-0.39, 0.29) is 11.9 Å². The summed E-state index contributed by atoms with van der Waals surface area (Å²) in [5, 5.41) is 6.85. The van der Waals surface area contributed by atoms with Crippen LogP contribution in [0.5, 0.6) is 0 Å². The molecule has 76 valence electrons. The average molecular weight is 211 g/mol. The summed E-state index contributed by atoms with van der Waals surface area (Å²) in [6, 6.07) is -0.0864. The van der Waals surface area contributed by atoms with Crippen LogP contribution >= 0.6 is 11.3 Å². The molecule has 2 N–H and O–H groups in total. The van der Waals surface area contributed by atoms with Crippen LogP contribution in [0, 0.1) is 6.92 Å². The number of nitrogens with one attached hydrogen (secondary N) is 2. The molecule has 1 amide bonds. The highest BCUT2D eigenvalue weighted by molar-refractivity contribution is 7.12. The Kier molecular flexibility index (Phi) is 2.52. The average Bonchev–Trinajstić information content (AvgIpc) is 2.40. The largest absolute Gasteiger partial charge is 0.309 e. The van der Waals surface area contributed by atoms with Crippen molar-refractivity contribution in [2.75, 3.05) is 12.4 Å². The summed E-state index contributed by atoms with van der Waals surface area (Å²) in [4.78, 5) is 17.1. The summed E-state index contributed by atoms with van der Waals surface area (Å²) >= 11 is 1.66. The highest BCUT2D eigenvalue weighted by Gasteiger charge is 2.23. The number of hydrogen-bond donors (Lipinski definition) is 2. The van der Waals surface area contributed by atoms with E-state index in [0.29, 0.717) is 0 Å². The van der Waals surface area contributed by atoms with Gasteiger partial charge in [-0.1, -0.05) is 0 Å². The molecule has 14 heavy (non-hydrogen) atoms. The highest BCUT2D eigenvalue weighted by atomic mass is 32.1. The van der Waals surface area contributed by atoms with Gasteiger partial charge in [-0.05, 0) is 26.8 Å². The molecule has 2 rings (SSSR count). The van der Waals surface area contributed by atoms with Gasteiger partial charge in [0.05, 0.1) is 11.0 Å². The monoisotopic (exact) mass is 211 g/mol. The number of amides is 1. The van der Waals surface area contributed by atoms with Crippen molar-refractivity contribution in [3.8, 4) is 0 Å². The fraction of sp³-hybridized carbons (Fsp3) is 0.556. The maximum Gasteiger partial charge on any atom is 0.242 e. The predicted octanol–water partition coefficient (Wildman–Crippen LogP) is 0.924. The number of carbonyl (C=O) groups excluding carboxylic acids is 1. The van der Waals surface area contributed by atoms with Crippen molar-refractivity contribution in [1.29, 1.82) is 0 Å². The SMILES string of the molecule is CNC1CCc2sc(C)nc2NC1=O. The van der Waals surface area contributed by atoms with Gasteiger partial charge < -0.3 is 10.6 Å². The summed E-state index contributed by atoms with van der Waals surface area (Å²) in [5.41, 5.74) is 0. The molecule has 4 nitrogen and oxygen atoms in total. The summed E-state index contributed by atoms with van der Waals surface area (Å²) in [6.07, 6.45) is 1.77. The number of carbonyl (C=O) groups is 1. The van der Waals surface area contributed by atoms with Crippen molar-refractivity contribution < 1.29 is 4.79 Å². The van der Waals surface area contributed by atoms with Gasteiger partial charge >= 0.3 is 0 Å². The number of aromatic nitrogens is 1. The summed E-state index contributed by atoms with van der Waals surface area (Å²) in [5.74, 6) is 0.784. The van der Waals surface area contributed by atoms with Crippen molar-refractivity contribution in [2.24, 2.45) is 0 Å². The first-order valence-corrected chi connectivity index (χ1v) is 5.47. The van der Waals surface area contributed by atoms with Crippen molar-refractivity contribution in [3.05, 3.63) is 9.88 Å². The first-order valence-electron chi connectivity index (χ1n) is 4.65. The lowest BCUT2D eigenvalue weighted by atomic mass is 10.1. The molecule has 0 radical (unpaired) electrons. The van der Waals surface area contributed by atoms with Crippen LogP contribution in [0.25, 0.3) is 0 Å². The number of rotatable bonds is 1. The molecule has 2 heterocycles. The molecule has 1 aromatic heterocycles. The van der Waals surface area contributed by atoms with Gasteiger partial charge in [0.1, 0.15) is 5.82 Å². The van der Waals surface area contributed by atoms with Crippen molar-refractivity contribution in [2.45, 2.75) is 25.8 Å². The Morgan fingerprint density at radius 1 is 1.64 bits per heavy atom. The van der Waals surface area contributed by atoms with Gasteiger partial charge in [-0.2, -0.15) is 0 Å². The summed E-state index contributed by atoms with van der Waals surface area (Å²) < 4.78 is 0. The van der Waals surface area contributed by atoms with Crippen LogP contribution in [0.15, 0.2) is 0 Å². The van der Waals surface area contributed by atoms with E-state index in [2.05, 4.69) is 15.6 Å². The minimum Gasteiger partial charge on any atom is -0.309 e. The molecule has 1 unspecified atom stereocenters. The molecule has 0 saturated heterocycles. The Morgan fingerprint density at radius 3 is 3.14 bits per heavy atom. The van der Waals surface area contributed by atoms with Gasteiger partial charge in [-0.25, -0.2) is 4.98 Å². The van der Waals surface area contributed by atoms with E-state index < -0.39 is 0 Å². The number of aryl methyl sites for hydroxylation is 2. The minimum absolute atomic E-state index is 0.0246. The molecular formula is C9H13N3OS. The van der Waals surface area contributed by atoms with Gasteiger partial charge in [-0.3, -0.25) is 4.79 Å². The smallest absolute Gasteiger partial charge is 0.242 e. The molecule has 5 heteroatoms. The lowest BCUT2D eigenvalue weighted by molar-refractivity contribution is -0.118. The van der Waals surface area contributed by atoms with Crippen molar-refractivity contribution in [3.63, 3.8) is 0 Å².